The Bertz CT molecular complexity index is 982. The number of methoxy groups -OCH3 is 1. The molecule has 0 saturated carbocycles. The summed E-state index contributed by atoms with van der Waals surface area (Å²) in [5, 5.41) is -0.260. The van der Waals surface area contributed by atoms with Gasteiger partial charge in [-0.05, 0) is 28.1 Å². The molecule has 0 bridgehead atoms. The van der Waals surface area contributed by atoms with E-state index >= 15 is 0 Å². The van der Waals surface area contributed by atoms with Crippen LogP contribution in [0.15, 0.2) is 35.2 Å². The molecule has 2 aromatic heterocycles. The van der Waals surface area contributed by atoms with Crippen molar-refractivity contribution in [3.63, 3.8) is 0 Å². The Balaban J connectivity index is 2.21. The maximum Gasteiger partial charge on any atom is 0.433 e. The van der Waals surface area contributed by atoms with Gasteiger partial charge in [0.2, 0.25) is 0 Å². The van der Waals surface area contributed by atoms with Crippen LogP contribution in [0.5, 0.6) is 5.75 Å². The quantitative estimate of drug-likeness (QED) is 0.466. The Morgan fingerprint density at radius 2 is 1.78 bits per heavy atom. The van der Waals surface area contributed by atoms with Crippen LogP contribution in [0.4, 0.5) is 22.0 Å². The Morgan fingerprint density at radius 3 is 2.26 bits per heavy atom. The van der Waals surface area contributed by atoms with Gasteiger partial charge in [-0.1, -0.05) is 11.6 Å². The highest BCUT2D eigenvalue weighted by atomic mass is 79.9. The molecule has 0 aliphatic heterocycles. The first kappa shape index (κ1) is 19.6. The standard InChI is InChI=1S/C16H8BrClF5N3O/c1-27-8-4-9(19)12(10(20)5-8)13-14(18)25-15(17)26(13)7-2-3-11(24-6-7)16(21,22)23/h2-6H,1H3. The number of rotatable bonds is 3. The molecule has 0 fully saturated rings. The monoisotopic (exact) mass is 467 g/mol. The topological polar surface area (TPSA) is 39.9 Å². The lowest BCUT2D eigenvalue weighted by atomic mass is 10.1. The molecule has 142 valence electrons. The molecule has 1 aromatic carbocycles. The predicted molar refractivity (Wildman–Crippen MR) is 91.0 cm³/mol. The summed E-state index contributed by atoms with van der Waals surface area (Å²) in [7, 11) is 1.25. The van der Waals surface area contributed by atoms with Crippen molar-refractivity contribution < 1.29 is 26.7 Å². The summed E-state index contributed by atoms with van der Waals surface area (Å²) in [5.74, 6) is -2.02. The van der Waals surface area contributed by atoms with E-state index in [9.17, 15) is 22.0 Å². The second-order valence-electron chi connectivity index (χ2n) is 5.22. The van der Waals surface area contributed by atoms with Gasteiger partial charge in [0, 0.05) is 12.1 Å². The largest absolute Gasteiger partial charge is 0.497 e. The zero-order valence-electron chi connectivity index (χ0n) is 13.3. The number of nitrogens with zero attached hydrogens (tertiary/aromatic N) is 3. The van der Waals surface area contributed by atoms with Gasteiger partial charge < -0.3 is 4.74 Å². The van der Waals surface area contributed by atoms with Gasteiger partial charge in [0.1, 0.15) is 23.1 Å². The molecule has 0 saturated heterocycles. The lowest BCUT2D eigenvalue weighted by Gasteiger charge is -2.13. The van der Waals surface area contributed by atoms with E-state index in [0.29, 0.717) is 0 Å². The van der Waals surface area contributed by atoms with Crippen molar-refractivity contribution in [1.29, 1.82) is 0 Å². The molecule has 27 heavy (non-hydrogen) atoms. The molecule has 0 amide bonds. The molecule has 0 spiro atoms. The van der Waals surface area contributed by atoms with Gasteiger partial charge in [0.05, 0.1) is 30.3 Å². The molecule has 3 rings (SSSR count). The van der Waals surface area contributed by atoms with E-state index in [1.54, 1.807) is 0 Å². The summed E-state index contributed by atoms with van der Waals surface area (Å²) in [6.07, 6.45) is -3.73. The molecular weight excluding hydrogens is 461 g/mol. The van der Waals surface area contributed by atoms with E-state index in [4.69, 9.17) is 16.3 Å². The average molecular weight is 469 g/mol. The number of hydrogen-bond acceptors (Lipinski definition) is 3. The zero-order chi connectivity index (χ0) is 19.9. The third-order valence-electron chi connectivity index (χ3n) is 3.58. The first-order valence-electron chi connectivity index (χ1n) is 7.14. The fourth-order valence-corrected chi connectivity index (χ4v) is 3.32. The molecule has 2 heterocycles. The fraction of sp³-hybridized carbons (Fsp3) is 0.125. The summed E-state index contributed by atoms with van der Waals surface area (Å²) < 4.78 is 73.1. The highest BCUT2D eigenvalue weighted by molar-refractivity contribution is 9.10. The van der Waals surface area contributed by atoms with E-state index in [1.165, 1.54) is 7.11 Å². The Morgan fingerprint density at radius 1 is 1.15 bits per heavy atom. The number of benzene rings is 1. The minimum absolute atomic E-state index is 0.0266. The SMILES string of the molecule is COc1cc(F)c(-c2c(Cl)nc(Br)n2-c2ccc(C(F)(F)F)nc2)c(F)c1. The van der Waals surface area contributed by atoms with Gasteiger partial charge in [0.15, 0.2) is 9.89 Å². The van der Waals surface area contributed by atoms with Crippen LogP contribution >= 0.6 is 27.5 Å². The molecule has 0 atom stereocenters. The van der Waals surface area contributed by atoms with Crippen LogP contribution in [0, 0.1) is 11.6 Å². The van der Waals surface area contributed by atoms with Gasteiger partial charge in [0.25, 0.3) is 0 Å². The molecule has 0 N–H and O–H groups in total. The fourth-order valence-electron chi connectivity index (χ4n) is 2.40. The number of aromatic nitrogens is 3. The Hall–Kier alpha value is -2.20. The van der Waals surface area contributed by atoms with E-state index in [2.05, 4.69) is 25.9 Å². The van der Waals surface area contributed by atoms with Crippen molar-refractivity contribution in [3.8, 4) is 22.7 Å². The Kier molecular flexibility index (Phi) is 5.13. The van der Waals surface area contributed by atoms with E-state index < -0.39 is 29.1 Å². The van der Waals surface area contributed by atoms with E-state index in [1.807, 2.05) is 0 Å². The molecule has 4 nitrogen and oxygen atoms in total. The van der Waals surface area contributed by atoms with Crippen molar-refractivity contribution in [2.75, 3.05) is 7.11 Å². The first-order chi connectivity index (χ1) is 12.6. The predicted octanol–water partition coefficient (Wildman–Crippen LogP) is 5.66. The van der Waals surface area contributed by atoms with Crippen molar-refractivity contribution in [1.82, 2.24) is 14.5 Å². The summed E-state index contributed by atoms with van der Waals surface area (Å²) in [5.41, 5.74) is -1.75. The normalized spacial score (nSPS) is 11.7. The third kappa shape index (κ3) is 3.63. The lowest BCUT2D eigenvalue weighted by Crippen LogP contribution is -2.09. The minimum Gasteiger partial charge on any atom is -0.497 e. The molecular formula is C16H8BrClF5N3O. The Labute approximate surface area is 162 Å². The van der Waals surface area contributed by atoms with Crippen LogP contribution in [0.3, 0.4) is 0 Å². The number of pyridine rings is 1. The smallest absolute Gasteiger partial charge is 0.433 e. The molecule has 0 aliphatic rings. The van der Waals surface area contributed by atoms with Crippen molar-refractivity contribution in [2.45, 2.75) is 6.18 Å². The molecule has 3 aromatic rings. The van der Waals surface area contributed by atoms with Crippen molar-refractivity contribution in [2.24, 2.45) is 0 Å². The summed E-state index contributed by atoms with van der Waals surface area (Å²) in [4.78, 5) is 7.23. The van der Waals surface area contributed by atoms with Crippen LogP contribution in [-0.2, 0) is 6.18 Å². The number of ether oxygens (including phenoxy) is 1. The van der Waals surface area contributed by atoms with Gasteiger partial charge in [-0.2, -0.15) is 13.2 Å². The summed E-state index contributed by atoms with van der Waals surface area (Å²) in [6.45, 7) is 0. The van der Waals surface area contributed by atoms with Gasteiger partial charge in [-0.3, -0.25) is 4.57 Å². The molecule has 11 heteroatoms. The second-order valence-corrected chi connectivity index (χ2v) is 6.29. The van der Waals surface area contributed by atoms with Crippen LogP contribution < -0.4 is 4.74 Å². The van der Waals surface area contributed by atoms with Gasteiger partial charge >= 0.3 is 6.18 Å². The third-order valence-corrected chi connectivity index (χ3v) is 4.37. The average Bonchev–Trinajstić information content (AvgIpc) is 2.87. The zero-order valence-corrected chi connectivity index (χ0v) is 15.6. The van der Waals surface area contributed by atoms with Crippen LogP contribution in [0.1, 0.15) is 5.69 Å². The van der Waals surface area contributed by atoms with Crippen molar-refractivity contribution >= 4 is 27.5 Å². The van der Waals surface area contributed by atoms with E-state index in [-0.39, 0.29) is 27.0 Å². The number of halogens is 7. The second kappa shape index (κ2) is 7.08. The highest BCUT2D eigenvalue weighted by Crippen LogP contribution is 2.38. The summed E-state index contributed by atoms with van der Waals surface area (Å²) >= 11 is 9.11. The van der Waals surface area contributed by atoms with Crippen LogP contribution in [-0.4, -0.2) is 21.6 Å². The molecule has 0 unspecified atom stereocenters. The first-order valence-corrected chi connectivity index (χ1v) is 8.31. The van der Waals surface area contributed by atoms with Gasteiger partial charge in [-0.15, -0.1) is 0 Å². The number of imidazole rings is 1. The molecule has 0 aliphatic carbocycles. The molecule has 0 radical (unpaired) electrons. The number of alkyl halides is 3. The van der Waals surface area contributed by atoms with Crippen LogP contribution in [0.25, 0.3) is 16.9 Å². The van der Waals surface area contributed by atoms with Gasteiger partial charge in [-0.25, -0.2) is 18.7 Å². The number of hydrogen-bond donors (Lipinski definition) is 0. The maximum atomic E-state index is 14.5. The maximum absolute atomic E-state index is 14.5. The highest BCUT2D eigenvalue weighted by Gasteiger charge is 2.32. The lowest BCUT2D eigenvalue weighted by molar-refractivity contribution is -0.141. The van der Waals surface area contributed by atoms with E-state index in [0.717, 1.165) is 35.0 Å². The summed E-state index contributed by atoms with van der Waals surface area (Å²) in [6, 6.07) is 3.72. The van der Waals surface area contributed by atoms with Crippen molar-refractivity contribution in [3.05, 3.63) is 57.7 Å². The van der Waals surface area contributed by atoms with Crippen LogP contribution in [0.2, 0.25) is 5.15 Å². The minimum atomic E-state index is -4.63.